The van der Waals surface area contributed by atoms with Crippen LogP contribution in [0.4, 0.5) is 5.69 Å². The van der Waals surface area contributed by atoms with Crippen molar-refractivity contribution in [3.8, 4) is 0 Å². The predicted octanol–water partition coefficient (Wildman–Crippen LogP) is 0.550. The average molecular weight is 343 g/mol. The molecule has 0 unspecified atom stereocenters. The van der Waals surface area contributed by atoms with Crippen LogP contribution in [0.2, 0.25) is 0 Å². The summed E-state index contributed by atoms with van der Waals surface area (Å²) in [5.74, 6) is 0. The minimum absolute atomic E-state index is 0.0123. The molecule has 2 aromatic rings. The van der Waals surface area contributed by atoms with Gasteiger partial charge < -0.3 is 0 Å². The molecule has 0 bridgehead atoms. The number of anilines is 1. The van der Waals surface area contributed by atoms with E-state index in [0.717, 1.165) is 22.2 Å². The lowest BCUT2D eigenvalue weighted by Gasteiger charge is -2.23. The van der Waals surface area contributed by atoms with Crippen LogP contribution in [0.3, 0.4) is 0 Å². The third-order valence-corrected chi connectivity index (χ3v) is 4.87. The van der Waals surface area contributed by atoms with Gasteiger partial charge in [0.25, 0.3) is 0 Å². The molecule has 0 aliphatic carbocycles. The summed E-state index contributed by atoms with van der Waals surface area (Å²) < 4.78 is 49.8. The van der Waals surface area contributed by atoms with Crippen LogP contribution in [-0.4, -0.2) is 47.4 Å². The Hall–Kier alpha value is -1.71. The molecule has 1 aromatic carbocycles. The fourth-order valence-electron chi connectivity index (χ4n) is 2.09. The van der Waals surface area contributed by atoms with Crippen molar-refractivity contribution in [3.05, 3.63) is 36.5 Å². The van der Waals surface area contributed by atoms with E-state index in [0.29, 0.717) is 11.2 Å². The molecule has 0 saturated carbocycles. The zero-order valence-electron chi connectivity index (χ0n) is 12.2. The van der Waals surface area contributed by atoms with Gasteiger partial charge in [0.2, 0.25) is 20.0 Å². The molecule has 1 aromatic heterocycles. The summed E-state index contributed by atoms with van der Waals surface area (Å²) in [7, 11) is -6.95. The van der Waals surface area contributed by atoms with E-state index in [1.807, 2.05) is 12.1 Å². The SMILES string of the molecule is CS(=O)(=O)NCCN(c1cccc2cccnc12)S(C)(=O)=O. The molecular formula is C13H17N3O4S2. The molecule has 0 fully saturated rings. The van der Waals surface area contributed by atoms with Crippen molar-refractivity contribution in [1.29, 1.82) is 0 Å². The molecular weight excluding hydrogens is 326 g/mol. The van der Waals surface area contributed by atoms with Crippen molar-refractivity contribution in [1.82, 2.24) is 9.71 Å². The summed E-state index contributed by atoms with van der Waals surface area (Å²) in [5, 5.41) is 0.810. The Bertz CT molecular complexity index is 874. The molecule has 1 heterocycles. The summed E-state index contributed by atoms with van der Waals surface area (Å²) in [5.41, 5.74) is 0.977. The molecule has 0 aliphatic rings. The van der Waals surface area contributed by atoms with E-state index < -0.39 is 20.0 Å². The molecule has 0 atom stereocenters. The maximum absolute atomic E-state index is 12.1. The summed E-state index contributed by atoms with van der Waals surface area (Å²) in [6.07, 6.45) is 3.69. The number of aromatic nitrogens is 1. The van der Waals surface area contributed by atoms with Crippen LogP contribution < -0.4 is 9.03 Å². The summed E-state index contributed by atoms with van der Waals surface area (Å²) in [6.45, 7) is -0.0310. The zero-order valence-corrected chi connectivity index (χ0v) is 13.9. The Morgan fingerprint density at radius 1 is 1.09 bits per heavy atom. The van der Waals surface area contributed by atoms with Gasteiger partial charge >= 0.3 is 0 Å². The van der Waals surface area contributed by atoms with Gasteiger partial charge in [0, 0.05) is 24.7 Å². The molecule has 0 spiro atoms. The van der Waals surface area contributed by atoms with Crippen molar-refractivity contribution in [3.63, 3.8) is 0 Å². The van der Waals surface area contributed by atoms with E-state index in [9.17, 15) is 16.8 Å². The largest absolute Gasteiger partial charge is 0.267 e. The summed E-state index contributed by atoms with van der Waals surface area (Å²) >= 11 is 0. The van der Waals surface area contributed by atoms with Crippen LogP contribution in [0.15, 0.2) is 36.5 Å². The van der Waals surface area contributed by atoms with Crippen LogP contribution >= 0.6 is 0 Å². The number of para-hydroxylation sites is 1. The van der Waals surface area contributed by atoms with Gasteiger partial charge in [-0.15, -0.1) is 0 Å². The van der Waals surface area contributed by atoms with E-state index in [-0.39, 0.29) is 13.1 Å². The number of benzene rings is 1. The van der Waals surface area contributed by atoms with Gasteiger partial charge in [-0.1, -0.05) is 18.2 Å². The monoisotopic (exact) mass is 343 g/mol. The first-order chi connectivity index (χ1) is 10.2. The summed E-state index contributed by atoms with van der Waals surface area (Å²) in [4.78, 5) is 4.23. The number of sulfonamides is 2. The number of rotatable bonds is 6. The number of nitrogens with one attached hydrogen (secondary N) is 1. The maximum atomic E-state index is 12.1. The number of hydrogen-bond acceptors (Lipinski definition) is 5. The third-order valence-electron chi connectivity index (χ3n) is 2.96. The number of fused-ring (bicyclic) bond motifs is 1. The van der Waals surface area contributed by atoms with Crippen LogP contribution in [-0.2, 0) is 20.0 Å². The summed E-state index contributed by atoms with van der Waals surface area (Å²) in [6, 6.07) is 8.82. The van der Waals surface area contributed by atoms with Crippen LogP contribution in [0.1, 0.15) is 0 Å². The first-order valence-corrected chi connectivity index (χ1v) is 10.2. The van der Waals surface area contributed by atoms with Crippen LogP contribution in [0, 0.1) is 0 Å². The minimum Gasteiger partial charge on any atom is -0.267 e. The van der Waals surface area contributed by atoms with E-state index in [2.05, 4.69) is 9.71 Å². The Morgan fingerprint density at radius 2 is 1.77 bits per heavy atom. The molecule has 0 radical (unpaired) electrons. The van der Waals surface area contributed by atoms with Gasteiger partial charge in [-0.2, -0.15) is 0 Å². The highest BCUT2D eigenvalue weighted by atomic mass is 32.2. The highest BCUT2D eigenvalue weighted by Crippen LogP contribution is 2.26. The van der Waals surface area contributed by atoms with Crippen molar-refractivity contribution in [2.75, 3.05) is 29.9 Å². The predicted molar refractivity (Wildman–Crippen MR) is 86.8 cm³/mol. The number of hydrogen-bond donors (Lipinski definition) is 1. The highest BCUT2D eigenvalue weighted by Gasteiger charge is 2.20. The molecule has 1 N–H and O–H groups in total. The van der Waals surface area contributed by atoms with E-state index in [1.165, 1.54) is 0 Å². The standard InChI is InChI=1S/C13H17N3O4S2/c1-21(17,18)15-9-10-16(22(2,19)20)12-7-3-5-11-6-4-8-14-13(11)12/h3-8,15H,9-10H2,1-2H3. The van der Waals surface area contributed by atoms with Gasteiger partial charge in [-0.25, -0.2) is 21.6 Å². The first kappa shape index (κ1) is 16.7. The van der Waals surface area contributed by atoms with Gasteiger partial charge in [-0.3, -0.25) is 9.29 Å². The second-order valence-corrected chi connectivity index (χ2v) is 8.59. The van der Waals surface area contributed by atoms with Crippen LogP contribution in [0.5, 0.6) is 0 Å². The number of pyridine rings is 1. The fourth-order valence-corrected chi connectivity index (χ4v) is 3.48. The maximum Gasteiger partial charge on any atom is 0.232 e. The normalized spacial score (nSPS) is 12.5. The topological polar surface area (TPSA) is 96.4 Å². The Morgan fingerprint density at radius 3 is 2.41 bits per heavy atom. The lowest BCUT2D eigenvalue weighted by Crippen LogP contribution is -2.38. The van der Waals surface area contributed by atoms with Gasteiger partial charge in [0.15, 0.2) is 0 Å². The molecule has 0 amide bonds. The molecule has 2 rings (SSSR count). The second kappa shape index (κ2) is 6.19. The first-order valence-electron chi connectivity index (χ1n) is 6.44. The van der Waals surface area contributed by atoms with Crippen LogP contribution in [0.25, 0.3) is 10.9 Å². The van der Waals surface area contributed by atoms with E-state index in [1.54, 1.807) is 24.4 Å². The Labute approximate surface area is 130 Å². The average Bonchev–Trinajstić information content (AvgIpc) is 2.41. The molecule has 0 aliphatic heterocycles. The van der Waals surface area contributed by atoms with Gasteiger partial charge in [-0.05, 0) is 12.1 Å². The second-order valence-electron chi connectivity index (χ2n) is 4.85. The molecule has 0 saturated heterocycles. The minimum atomic E-state index is -3.57. The molecule has 7 nitrogen and oxygen atoms in total. The van der Waals surface area contributed by atoms with Crippen molar-refractivity contribution in [2.24, 2.45) is 0 Å². The molecule has 120 valence electrons. The Kier molecular flexibility index (Phi) is 4.69. The fraction of sp³-hybridized carbons (Fsp3) is 0.308. The quantitative estimate of drug-likeness (QED) is 0.826. The lowest BCUT2D eigenvalue weighted by molar-refractivity contribution is 0.583. The van der Waals surface area contributed by atoms with Gasteiger partial charge in [0.1, 0.15) is 0 Å². The van der Waals surface area contributed by atoms with E-state index >= 15 is 0 Å². The number of nitrogens with zero attached hydrogens (tertiary/aromatic N) is 2. The molecule has 22 heavy (non-hydrogen) atoms. The van der Waals surface area contributed by atoms with Crippen molar-refractivity contribution < 1.29 is 16.8 Å². The van der Waals surface area contributed by atoms with Crippen molar-refractivity contribution in [2.45, 2.75) is 0 Å². The zero-order chi connectivity index (χ0) is 16.4. The smallest absolute Gasteiger partial charge is 0.232 e. The van der Waals surface area contributed by atoms with E-state index in [4.69, 9.17) is 0 Å². The highest BCUT2D eigenvalue weighted by molar-refractivity contribution is 7.92. The van der Waals surface area contributed by atoms with Crippen molar-refractivity contribution >= 4 is 36.6 Å². The lowest BCUT2D eigenvalue weighted by atomic mass is 10.2. The Balaban J connectivity index is 2.41. The molecule has 9 heteroatoms. The van der Waals surface area contributed by atoms with Gasteiger partial charge in [0.05, 0.1) is 23.7 Å². The third kappa shape index (κ3) is 4.15.